The van der Waals surface area contributed by atoms with E-state index in [1.165, 1.54) is 4.68 Å². The zero-order valence-electron chi connectivity index (χ0n) is 15.9. The molecule has 1 saturated heterocycles. The third kappa shape index (κ3) is 4.04. The summed E-state index contributed by atoms with van der Waals surface area (Å²) in [6.07, 6.45) is 1.84. The lowest BCUT2D eigenvalue weighted by Gasteiger charge is -2.32. The van der Waals surface area contributed by atoms with E-state index in [9.17, 15) is 13.6 Å². The van der Waals surface area contributed by atoms with Crippen molar-refractivity contribution in [2.45, 2.75) is 25.0 Å². The molecule has 3 aromatic rings. The molecule has 4 rings (SSSR count). The Kier molecular flexibility index (Phi) is 5.14. The summed E-state index contributed by atoms with van der Waals surface area (Å²) in [7, 11) is 1.61. The summed E-state index contributed by atoms with van der Waals surface area (Å²) in [6, 6.07) is 9.50. The van der Waals surface area contributed by atoms with E-state index in [0.29, 0.717) is 23.2 Å². The van der Waals surface area contributed by atoms with Crippen LogP contribution in [0.5, 0.6) is 5.75 Å². The molecule has 7 nitrogen and oxygen atoms in total. The summed E-state index contributed by atoms with van der Waals surface area (Å²) in [4.78, 5) is 17.0. The van der Waals surface area contributed by atoms with Gasteiger partial charge in [0.1, 0.15) is 18.1 Å². The predicted molar refractivity (Wildman–Crippen MR) is 103 cm³/mol. The summed E-state index contributed by atoms with van der Waals surface area (Å²) < 4.78 is 35.3. The third-order valence-electron chi connectivity index (χ3n) is 4.92. The number of rotatable bonds is 5. The molecule has 152 valence electrons. The molecule has 1 atom stereocenters. The van der Waals surface area contributed by atoms with Crippen LogP contribution in [0, 0.1) is 0 Å². The zero-order valence-corrected chi connectivity index (χ0v) is 15.9. The first kappa shape index (κ1) is 19.3. The fraction of sp³-hybridized carbons (Fsp3) is 0.350. The second-order valence-corrected chi connectivity index (χ2v) is 7.01. The molecule has 2 aromatic heterocycles. The highest BCUT2D eigenvalue weighted by Gasteiger charge is 2.42. The van der Waals surface area contributed by atoms with Crippen molar-refractivity contribution in [2.75, 3.05) is 13.1 Å². The number of alkyl halides is 2. The number of aryl methyl sites for hydroxylation is 1. The molecule has 9 heteroatoms. The molecule has 0 bridgehead atoms. The lowest BCUT2D eigenvalue weighted by molar-refractivity contribution is -0.0488. The van der Waals surface area contributed by atoms with Gasteiger partial charge in [-0.25, -0.2) is 8.78 Å². The van der Waals surface area contributed by atoms with Gasteiger partial charge in [-0.1, -0.05) is 6.07 Å². The van der Waals surface area contributed by atoms with Crippen molar-refractivity contribution in [3.05, 3.63) is 54.0 Å². The Balaban J connectivity index is 1.56. The number of piperidine rings is 1. The van der Waals surface area contributed by atoms with Gasteiger partial charge in [0.2, 0.25) is 0 Å². The third-order valence-corrected chi connectivity index (χ3v) is 4.92. The molecule has 1 aliphatic rings. The van der Waals surface area contributed by atoms with Crippen LogP contribution in [0.25, 0.3) is 10.9 Å². The molecular weight excluding hydrogens is 380 g/mol. The maximum absolute atomic E-state index is 14.1. The Labute approximate surface area is 166 Å². The number of amides is 1. The van der Waals surface area contributed by atoms with E-state index in [1.807, 2.05) is 18.2 Å². The van der Waals surface area contributed by atoms with Crippen LogP contribution >= 0.6 is 0 Å². The number of ether oxygens (including phenoxy) is 1. The smallest absolute Gasteiger partial charge is 0.280 e. The number of pyridine rings is 1. The van der Waals surface area contributed by atoms with E-state index in [-0.39, 0.29) is 18.7 Å². The van der Waals surface area contributed by atoms with Crippen molar-refractivity contribution in [3.8, 4) is 5.75 Å². The minimum atomic E-state index is -3.00. The molecule has 0 spiro atoms. The first-order valence-electron chi connectivity index (χ1n) is 9.33. The average molecular weight is 401 g/mol. The number of nitrogens with one attached hydrogen (secondary N) is 2. The van der Waals surface area contributed by atoms with Gasteiger partial charge < -0.3 is 15.4 Å². The van der Waals surface area contributed by atoms with Crippen molar-refractivity contribution in [2.24, 2.45) is 7.05 Å². The SMILES string of the molecule is Cn1nc2ccc(OCc3ccccn3)cc2c1C(=O)NC1CCNCC1(F)F. The van der Waals surface area contributed by atoms with Gasteiger partial charge in [0.15, 0.2) is 0 Å². The van der Waals surface area contributed by atoms with Crippen LogP contribution in [0.3, 0.4) is 0 Å². The van der Waals surface area contributed by atoms with Crippen LogP contribution in [-0.2, 0) is 13.7 Å². The van der Waals surface area contributed by atoms with Gasteiger partial charge in [-0.2, -0.15) is 5.10 Å². The maximum atomic E-state index is 14.1. The number of aromatic nitrogens is 3. The Morgan fingerprint density at radius 2 is 2.24 bits per heavy atom. The van der Waals surface area contributed by atoms with Crippen molar-refractivity contribution < 1.29 is 18.3 Å². The van der Waals surface area contributed by atoms with Crippen molar-refractivity contribution in [3.63, 3.8) is 0 Å². The molecule has 1 unspecified atom stereocenters. The minimum absolute atomic E-state index is 0.160. The monoisotopic (exact) mass is 401 g/mol. The van der Waals surface area contributed by atoms with E-state index >= 15 is 0 Å². The maximum Gasteiger partial charge on any atom is 0.280 e. The number of benzene rings is 1. The Morgan fingerprint density at radius 3 is 3.00 bits per heavy atom. The highest BCUT2D eigenvalue weighted by molar-refractivity contribution is 6.05. The summed E-state index contributed by atoms with van der Waals surface area (Å²) in [5.41, 5.74) is 1.57. The number of carbonyl (C=O) groups is 1. The molecule has 1 aromatic carbocycles. The molecule has 1 amide bonds. The van der Waals surface area contributed by atoms with Gasteiger partial charge in [-0.3, -0.25) is 14.5 Å². The van der Waals surface area contributed by atoms with Crippen molar-refractivity contribution >= 4 is 16.8 Å². The highest BCUT2D eigenvalue weighted by Crippen LogP contribution is 2.26. The normalized spacial score (nSPS) is 18.5. The summed E-state index contributed by atoms with van der Waals surface area (Å²) >= 11 is 0. The number of nitrogens with zero attached hydrogens (tertiary/aromatic N) is 3. The number of fused-ring (bicyclic) bond motifs is 1. The zero-order chi connectivity index (χ0) is 20.4. The largest absolute Gasteiger partial charge is 0.487 e. The van der Waals surface area contributed by atoms with Crippen molar-refractivity contribution in [1.82, 2.24) is 25.4 Å². The van der Waals surface area contributed by atoms with E-state index in [0.717, 1.165) is 5.69 Å². The molecule has 1 aliphatic heterocycles. The van der Waals surface area contributed by atoms with E-state index in [1.54, 1.807) is 31.4 Å². The fourth-order valence-electron chi connectivity index (χ4n) is 3.42. The summed E-state index contributed by atoms with van der Waals surface area (Å²) in [5, 5.41) is 9.98. The second-order valence-electron chi connectivity index (χ2n) is 7.01. The number of hydrogen-bond donors (Lipinski definition) is 2. The lowest BCUT2D eigenvalue weighted by Crippen LogP contribution is -2.57. The van der Waals surface area contributed by atoms with Gasteiger partial charge >= 0.3 is 0 Å². The van der Waals surface area contributed by atoms with Crippen LogP contribution in [-0.4, -0.2) is 45.7 Å². The van der Waals surface area contributed by atoms with Crippen LogP contribution in [0.15, 0.2) is 42.6 Å². The topological polar surface area (TPSA) is 81.1 Å². The first-order chi connectivity index (χ1) is 13.9. The number of carbonyl (C=O) groups excluding carboxylic acids is 1. The summed E-state index contributed by atoms with van der Waals surface area (Å²) in [5.74, 6) is -3.04. The standard InChI is InChI=1S/C20H21F2N5O2/c1-27-18(19(28)25-17-7-9-23-12-20(17,21)22)15-10-14(5-6-16(15)26-27)29-11-13-4-2-3-8-24-13/h2-6,8,10,17,23H,7,9,11-12H2,1H3,(H,25,28). The van der Waals surface area contributed by atoms with Gasteiger partial charge in [0.25, 0.3) is 11.8 Å². The molecule has 0 saturated carbocycles. The van der Waals surface area contributed by atoms with Crippen LogP contribution < -0.4 is 15.4 Å². The number of hydrogen-bond acceptors (Lipinski definition) is 5. The molecule has 1 fully saturated rings. The minimum Gasteiger partial charge on any atom is -0.487 e. The molecule has 0 radical (unpaired) electrons. The Morgan fingerprint density at radius 1 is 1.38 bits per heavy atom. The van der Waals surface area contributed by atoms with E-state index in [2.05, 4.69) is 20.7 Å². The average Bonchev–Trinajstić information content (AvgIpc) is 3.03. The van der Waals surface area contributed by atoms with Crippen molar-refractivity contribution in [1.29, 1.82) is 0 Å². The Bertz CT molecular complexity index is 1020. The molecular formula is C20H21F2N5O2. The Hall–Kier alpha value is -3.07. The first-order valence-corrected chi connectivity index (χ1v) is 9.33. The number of halogens is 2. The molecule has 2 N–H and O–H groups in total. The van der Waals surface area contributed by atoms with Gasteiger partial charge in [0.05, 0.1) is 23.8 Å². The van der Waals surface area contributed by atoms with Gasteiger partial charge in [0, 0.05) is 18.6 Å². The van der Waals surface area contributed by atoms with Crippen LogP contribution in [0.4, 0.5) is 8.78 Å². The highest BCUT2D eigenvalue weighted by atomic mass is 19.3. The molecule has 29 heavy (non-hydrogen) atoms. The second kappa shape index (κ2) is 7.75. The predicted octanol–water partition coefficient (Wildman–Crippen LogP) is 2.27. The molecule has 3 heterocycles. The molecule has 0 aliphatic carbocycles. The van der Waals surface area contributed by atoms with Gasteiger partial charge in [-0.15, -0.1) is 0 Å². The van der Waals surface area contributed by atoms with Gasteiger partial charge in [-0.05, 0) is 43.3 Å². The summed E-state index contributed by atoms with van der Waals surface area (Å²) in [6.45, 7) is 0.253. The van der Waals surface area contributed by atoms with E-state index in [4.69, 9.17) is 4.74 Å². The van der Waals surface area contributed by atoms with Crippen LogP contribution in [0.1, 0.15) is 22.6 Å². The quantitative estimate of drug-likeness (QED) is 0.686. The fourth-order valence-corrected chi connectivity index (χ4v) is 3.42. The van der Waals surface area contributed by atoms with E-state index < -0.39 is 24.4 Å². The lowest BCUT2D eigenvalue weighted by atomic mass is 10.0. The van der Waals surface area contributed by atoms with Crippen LogP contribution in [0.2, 0.25) is 0 Å².